The van der Waals surface area contributed by atoms with Crippen LogP contribution in [-0.4, -0.2) is 95.0 Å². The molecule has 0 aromatic heterocycles. The Morgan fingerprint density at radius 2 is 0.375 bits per heavy atom. The van der Waals surface area contributed by atoms with Gasteiger partial charge in [0, 0.05) is 94.2 Å². The highest BCUT2D eigenvalue weighted by Gasteiger charge is 2.35. The molecule has 12 nitrogen and oxygen atoms in total. The first-order valence-electron chi connectivity index (χ1n) is 25.9. The van der Waals surface area contributed by atoms with Gasteiger partial charge in [-0.2, -0.15) is 0 Å². The van der Waals surface area contributed by atoms with Crippen LogP contribution in [0, 0.1) is 0 Å². The van der Waals surface area contributed by atoms with Crippen molar-refractivity contribution in [3.63, 3.8) is 0 Å². The van der Waals surface area contributed by atoms with Gasteiger partial charge in [-0.15, -0.1) is 0 Å². The summed E-state index contributed by atoms with van der Waals surface area (Å²) in [4.78, 5) is 108. The fourth-order valence-corrected chi connectivity index (χ4v) is 12.4. The van der Waals surface area contributed by atoms with Crippen LogP contribution in [0.4, 0.5) is 0 Å². The van der Waals surface area contributed by atoms with E-state index >= 15 is 0 Å². The zero-order valence-corrected chi connectivity index (χ0v) is 43.4. The summed E-state index contributed by atoms with van der Waals surface area (Å²) in [7, 11) is 6.04. The van der Waals surface area contributed by atoms with Gasteiger partial charge in [0.25, 0.3) is 47.3 Å². The first kappa shape index (κ1) is 47.7. The molecule has 0 fully saturated rings. The lowest BCUT2D eigenvalue weighted by molar-refractivity contribution is 0.0635. The van der Waals surface area contributed by atoms with Gasteiger partial charge in [-0.05, 0) is 125 Å². The Morgan fingerprint density at radius 3 is 0.637 bits per heavy atom. The lowest BCUT2D eigenvalue weighted by Crippen LogP contribution is -2.36. The molecule has 0 radical (unpaired) electrons. The Labute approximate surface area is 456 Å². The van der Waals surface area contributed by atoms with E-state index in [4.69, 9.17) is 0 Å². The number of imide groups is 4. The molecule has 4 aliphatic rings. The predicted molar refractivity (Wildman–Crippen MR) is 308 cm³/mol. The molecular formula is C68H42N4O8. The van der Waals surface area contributed by atoms with E-state index in [2.05, 4.69) is 24.3 Å². The minimum Gasteiger partial charge on any atom is -0.277 e. The van der Waals surface area contributed by atoms with Crippen LogP contribution in [0.3, 0.4) is 0 Å². The van der Waals surface area contributed by atoms with Gasteiger partial charge in [0.1, 0.15) is 0 Å². The number of benzene rings is 11. The number of amides is 8. The highest BCUT2D eigenvalue weighted by molar-refractivity contribution is 6.31. The first-order valence-corrected chi connectivity index (χ1v) is 25.9. The number of hydrogen-bond acceptors (Lipinski definition) is 8. The van der Waals surface area contributed by atoms with Crippen molar-refractivity contribution in [1.82, 2.24) is 19.6 Å². The molecule has 0 saturated carbocycles. The molecule has 11 aromatic carbocycles. The van der Waals surface area contributed by atoms with Gasteiger partial charge >= 0.3 is 0 Å². The van der Waals surface area contributed by atoms with Gasteiger partial charge in [0.15, 0.2) is 0 Å². The number of nitrogens with zero attached hydrogens (tertiary/aromatic N) is 4. The van der Waals surface area contributed by atoms with Gasteiger partial charge in [-0.25, -0.2) is 0 Å². The zero-order chi connectivity index (χ0) is 55.2. The van der Waals surface area contributed by atoms with E-state index in [-0.39, 0.29) is 47.3 Å². The molecule has 0 atom stereocenters. The van der Waals surface area contributed by atoms with E-state index < -0.39 is 0 Å². The molecule has 0 aliphatic carbocycles. The van der Waals surface area contributed by atoms with Crippen LogP contribution in [0.5, 0.6) is 0 Å². The van der Waals surface area contributed by atoms with Crippen molar-refractivity contribution in [2.45, 2.75) is 0 Å². The van der Waals surface area contributed by atoms with Crippen LogP contribution >= 0.6 is 0 Å². The summed E-state index contributed by atoms with van der Waals surface area (Å²) in [6, 6.07) is 57.6. The van der Waals surface area contributed by atoms with Gasteiger partial charge in [-0.1, -0.05) is 133 Å². The molecule has 4 aliphatic heterocycles. The van der Waals surface area contributed by atoms with E-state index in [9.17, 15) is 38.4 Å². The molecule has 4 heterocycles. The Kier molecular flexibility index (Phi) is 10.4. The van der Waals surface area contributed by atoms with Crippen LogP contribution in [0.15, 0.2) is 182 Å². The van der Waals surface area contributed by atoms with Crippen LogP contribution in [0.1, 0.15) is 82.9 Å². The average molecular weight is 1040 g/mol. The summed E-state index contributed by atoms with van der Waals surface area (Å²) >= 11 is 0. The van der Waals surface area contributed by atoms with E-state index in [0.29, 0.717) is 66.1 Å². The molecule has 8 amide bonds. The van der Waals surface area contributed by atoms with Crippen LogP contribution in [-0.2, 0) is 0 Å². The lowest BCUT2D eigenvalue weighted by Gasteiger charge is -2.25. The van der Waals surface area contributed by atoms with Crippen LogP contribution in [0.2, 0.25) is 0 Å². The van der Waals surface area contributed by atoms with Crippen molar-refractivity contribution >= 4 is 101 Å². The number of carbonyl (C=O) groups excluding carboxylic acids is 8. The second-order valence-electron chi connectivity index (χ2n) is 20.5. The Bertz CT molecular complexity index is 4400. The SMILES string of the molecule is CN1C(=O)c2cccc3c(-c4ccc(-c5ccc6c7c(cccc57)C(=O)N(C)C6=O)c5ccccc45)ccc(c23)C1=O.CN1C(=O)c2cccc3c(-c4ccc(-c5ccc6c7c(cccc57)C(=O)N(C)C6=O)cc4)ccc(c23)C1=O. The normalized spacial score (nSPS) is 14.6. The van der Waals surface area contributed by atoms with E-state index in [1.54, 1.807) is 36.4 Å². The van der Waals surface area contributed by atoms with E-state index in [0.717, 1.165) is 86.6 Å². The number of fused-ring (bicyclic) bond motifs is 1. The second kappa shape index (κ2) is 17.4. The molecule has 15 rings (SSSR count). The summed E-state index contributed by atoms with van der Waals surface area (Å²) in [5, 5.41) is 8.15. The van der Waals surface area contributed by atoms with Gasteiger partial charge in [0.2, 0.25) is 0 Å². The number of hydrogen-bond donors (Lipinski definition) is 0. The highest BCUT2D eigenvalue weighted by atomic mass is 16.2. The molecule has 0 unspecified atom stereocenters. The van der Waals surface area contributed by atoms with Gasteiger partial charge in [0.05, 0.1) is 0 Å². The van der Waals surface area contributed by atoms with Crippen molar-refractivity contribution in [1.29, 1.82) is 0 Å². The lowest BCUT2D eigenvalue weighted by atomic mass is 9.85. The molecule has 0 saturated heterocycles. The largest absolute Gasteiger partial charge is 0.277 e. The summed E-state index contributed by atoms with van der Waals surface area (Å²) in [5.74, 6) is -2.41. The highest BCUT2D eigenvalue weighted by Crippen LogP contribution is 2.45. The molecule has 0 N–H and O–H groups in total. The summed E-state index contributed by atoms with van der Waals surface area (Å²) < 4.78 is 0. The maximum absolute atomic E-state index is 13.0. The van der Waals surface area contributed by atoms with Crippen molar-refractivity contribution < 1.29 is 38.4 Å². The third-order valence-electron chi connectivity index (χ3n) is 16.5. The fraction of sp³-hybridized carbons (Fsp3) is 0.0588. The quantitative estimate of drug-likeness (QED) is 0.158. The molecule has 80 heavy (non-hydrogen) atoms. The number of carbonyl (C=O) groups is 8. The van der Waals surface area contributed by atoms with Crippen LogP contribution in [0.25, 0.3) is 98.4 Å². The molecule has 12 heteroatoms. The third-order valence-corrected chi connectivity index (χ3v) is 16.5. The molecule has 0 bridgehead atoms. The first-order chi connectivity index (χ1) is 38.7. The van der Waals surface area contributed by atoms with E-state index in [1.807, 2.05) is 121 Å². The Morgan fingerprint density at radius 1 is 0.188 bits per heavy atom. The second-order valence-corrected chi connectivity index (χ2v) is 20.5. The summed E-state index contributed by atoms with van der Waals surface area (Å²) in [6.45, 7) is 0. The van der Waals surface area contributed by atoms with Crippen molar-refractivity contribution in [3.05, 3.63) is 226 Å². The van der Waals surface area contributed by atoms with Crippen molar-refractivity contribution in [2.24, 2.45) is 0 Å². The topological polar surface area (TPSA) is 150 Å². The summed E-state index contributed by atoms with van der Waals surface area (Å²) in [6.07, 6.45) is 0. The van der Waals surface area contributed by atoms with E-state index in [1.165, 1.54) is 38.0 Å². The maximum Gasteiger partial charge on any atom is 0.261 e. The third kappa shape index (κ3) is 6.62. The predicted octanol–water partition coefficient (Wildman–Crippen LogP) is 12.7. The maximum atomic E-state index is 13.0. The minimum absolute atomic E-state index is 0.299. The van der Waals surface area contributed by atoms with Crippen molar-refractivity contribution in [3.8, 4) is 44.5 Å². The molecular weight excluding hydrogens is 1000 g/mol. The average Bonchev–Trinajstić information content (AvgIpc) is 3.38. The fourth-order valence-electron chi connectivity index (χ4n) is 12.4. The molecule has 382 valence electrons. The smallest absolute Gasteiger partial charge is 0.261 e. The van der Waals surface area contributed by atoms with Crippen LogP contribution < -0.4 is 0 Å². The van der Waals surface area contributed by atoms with Crippen molar-refractivity contribution in [2.75, 3.05) is 28.2 Å². The minimum atomic E-state index is -0.304. The standard InChI is InChI=1S/C36H22N2O4.C32H20N2O4/c1-37-33(39)27-11-5-9-25-23(15-17-29(31(25)27)35(37)41)21-13-14-22(20-8-4-3-7-19(20)21)24-16-18-30-32-26(24)10-6-12-28(32)34(40)38(2)36(30)42;1-33-29(35)23-7-3-5-21-19(13-15-25(27(21)23)31(33)37)17-9-11-18(12-10-17)20-14-16-26-28-22(20)6-4-8-24(28)30(36)34(2)32(26)38/h3-18H,1-2H3;3-16H,1-2H3. The monoisotopic (exact) mass is 1040 g/mol. The molecule has 11 aromatic rings. The van der Waals surface area contributed by atoms with Gasteiger partial charge < -0.3 is 0 Å². The van der Waals surface area contributed by atoms with Gasteiger partial charge in [-0.3, -0.25) is 58.0 Å². The molecule has 0 spiro atoms. The summed E-state index contributed by atoms with van der Waals surface area (Å²) in [5.41, 5.74) is 11.8. The number of rotatable bonds is 4. The zero-order valence-electron chi connectivity index (χ0n) is 43.4. The Hall–Kier alpha value is -10.7. The Balaban J connectivity index is 0.000000145.